The number of likely N-dealkylation sites (tertiary alicyclic amines) is 2. The van der Waals surface area contributed by atoms with Crippen molar-refractivity contribution in [2.75, 3.05) is 25.0 Å². The summed E-state index contributed by atoms with van der Waals surface area (Å²) in [5.41, 5.74) is 0.839. The monoisotopic (exact) mass is 428 g/mol. The number of anilines is 1. The largest absolute Gasteiger partial charge is 0.353 e. The van der Waals surface area contributed by atoms with Crippen LogP contribution >= 0.6 is 0 Å². The van der Waals surface area contributed by atoms with E-state index in [0.29, 0.717) is 43.7 Å². The zero-order valence-electron chi connectivity index (χ0n) is 18.7. The first-order chi connectivity index (χ1) is 14.5. The van der Waals surface area contributed by atoms with Crippen molar-refractivity contribution >= 4 is 29.3 Å². The molecule has 0 saturated carbocycles. The van der Waals surface area contributed by atoms with Gasteiger partial charge in [-0.3, -0.25) is 19.2 Å². The zero-order chi connectivity index (χ0) is 22.8. The summed E-state index contributed by atoms with van der Waals surface area (Å²) in [6, 6.07) is 6.90. The molecule has 1 atom stereocenters. The number of piperidine rings is 1. The van der Waals surface area contributed by atoms with E-state index in [9.17, 15) is 19.2 Å². The van der Waals surface area contributed by atoms with Gasteiger partial charge in [0.25, 0.3) is 5.91 Å². The Balaban J connectivity index is 1.51. The topological polar surface area (TPSA) is 98.8 Å². The standard InChI is InChI=1S/C23H32N4O4/c1-15(28)24-19-7-5-6-16(12-19)22(31)26-10-8-18(9-11-26)25-21(30)17-13-20(29)27(14-17)23(2,3)4/h5-7,12,17-18H,8-11,13-14H2,1-4H3,(H,24,28)(H,25,30). The Morgan fingerprint density at radius 3 is 2.35 bits per heavy atom. The molecule has 3 rings (SSSR count). The number of rotatable bonds is 4. The summed E-state index contributed by atoms with van der Waals surface area (Å²) in [5.74, 6) is -0.639. The van der Waals surface area contributed by atoms with Crippen LogP contribution in [0.3, 0.4) is 0 Å². The quantitative estimate of drug-likeness (QED) is 0.766. The van der Waals surface area contributed by atoms with Gasteiger partial charge in [-0.05, 0) is 51.8 Å². The summed E-state index contributed by atoms with van der Waals surface area (Å²) in [6.07, 6.45) is 1.60. The van der Waals surface area contributed by atoms with E-state index in [1.165, 1.54) is 6.92 Å². The molecule has 2 heterocycles. The van der Waals surface area contributed by atoms with Gasteiger partial charge in [0.05, 0.1) is 5.92 Å². The van der Waals surface area contributed by atoms with E-state index in [1.54, 1.807) is 34.1 Å². The molecule has 0 spiro atoms. The molecule has 8 heteroatoms. The minimum atomic E-state index is -0.317. The molecule has 0 aromatic heterocycles. The molecule has 8 nitrogen and oxygen atoms in total. The van der Waals surface area contributed by atoms with Crippen LogP contribution in [0.15, 0.2) is 24.3 Å². The highest BCUT2D eigenvalue weighted by Crippen LogP contribution is 2.26. The average Bonchev–Trinajstić information content (AvgIpc) is 3.10. The molecule has 4 amide bonds. The number of hydrogen-bond donors (Lipinski definition) is 2. The number of amides is 4. The number of carbonyl (C=O) groups is 4. The maximum absolute atomic E-state index is 12.8. The predicted octanol–water partition coefficient (Wildman–Crippen LogP) is 2.01. The Morgan fingerprint density at radius 2 is 1.77 bits per heavy atom. The second-order valence-electron chi connectivity index (χ2n) is 9.41. The van der Waals surface area contributed by atoms with Gasteiger partial charge in [0.1, 0.15) is 0 Å². The van der Waals surface area contributed by atoms with E-state index in [0.717, 1.165) is 0 Å². The van der Waals surface area contributed by atoms with Gasteiger partial charge >= 0.3 is 0 Å². The number of nitrogens with zero attached hydrogens (tertiary/aromatic N) is 2. The van der Waals surface area contributed by atoms with E-state index < -0.39 is 0 Å². The molecule has 2 aliphatic rings. The lowest BCUT2D eigenvalue weighted by atomic mass is 10.0. The summed E-state index contributed by atoms with van der Waals surface area (Å²) in [4.78, 5) is 52.5. The third kappa shape index (κ3) is 5.62. The molecule has 2 saturated heterocycles. The Kier molecular flexibility index (Phi) is 6.67. The van der Waals surface area contributed by atoms with Crippen molar-refractivity contribution in [3.8, 4) is 0 Å². The van der Waals surface area contributed by atoms with Crippen LogP contribution < -0.4 is 10.6 Å². The van der Waals surface area contributed by atoms with Gasteiger partial charge in [-0.25, -0.2) is 0 Å². The maximum atomic E-state index is 12.8. The van der Waals surface area contributed by atoms with Crippen molar-refractivity contribution in [3.63, 3.8) is 0 Å². The molecule has 31 heavy (non-hydrogen) atoms. The molecule has 0 bridgehead atoms. The van der Waals surface area contributed by atoms with Crippen molar-refractivity contribution in [2.45, 2.75) is 58.5 Å². The number of hydrogen-bond acceptors (Lipinski definition) is 4. The fraction of sp³-hybridized carbons (Fsp3) is 0.565. The van der Waals surface area contributed by atoms with Gasteiger partial charge in [-0.15, -0.1) is 0 Å². The lowest BCUT2D eigenvalue weighted by molar-refractivity contribution is -0.132. The molecule has 1 unspecified atom stereocenters. The molecule has 1 aromatic rings. The highest BCUT2D eigenvalue weighted by molar-refractivity contribution is 5.97. The van der Waals surface area contributed by atoms with Gasteiger partial charge in [0.2, 0.25) is 17.7 Å². The Labute approximate surface area is 183 Å². The first kappa shape index (κ1) is 22.8. The fourth-order valence-electron chi connectivity index (χ4n) is 4.19. The van der Waals surface area contributed by atoms with Crippen LogP contribution in [0.5, 0.6) is 0 Å². The van der Waals surface area contributed by atoms with Crippen LogP contribution in [0.4, 0.5) is 5.69 Å². The number of carbonyl (C=O) groups excluding carboxylic acids is 4. The van der Waals surface area contributed by atoms with Crippen molar-refractivity contribution < 1.29 is 19.2 Å². The van der Waals surface area contributed by atoms with Gasteiger partial charge in [-0.1, -0.05) is 6.07 Å². The minimum Gasteiger partial charge on any atom is -0.353 e. The lowest BCUT2D eigenvalue weighted by Crippen LogP contribution is -2.48. The molecule has 0 radical (unpaired) electrons. The Bertz CT molecular complexity index is 869. The second kappa shape index (κ2) is 9.08. The summed E-state index contributed by atoms with van der Waals surface area (Å²) in [6.45, 7) is 8.90. The van der Waals surface area contributed by atoms with Crippen LogP contribution in [0.1, 0.15) is 57.3 Å². The molecular weight excluding hydrogens is 396 g/mol. The predicted molar refractivity (Wildman–Crippen MR) is 117 cm³/mol. The third-order valence-electron chi connectivity index (χ3n) is 5.86. The van der Waals surface area contributed by atoms with Crippen molar-refractivity contribution in [1.29, 1.82) is 0 Å². The van der Waals surface area contributed by atoms with Crippen molar-refractivity contribution in [2.24, 2.45) is 5.92 Å². The average molecular weight is 429 g/mol. The normalized spacial score (nSPS) is 20.0. The van der Waals surface area contributed by atoms with E-state index in [1.807, 2.05) is 20.8 Å². The summed E-state index contributed by atoms with van der Waals surface area (Å²) in [7, 11) is 0. The SMILES string of the molecule is CC(=O)Nc1cccc(C(=O)N2CCC(NC(=O)C3CC(=O)N(C(C)(C)C)C3)CC2)c1. The molecular formula is C23H32N4O4. The molecule has 2 fully saturated rings. The van der Waals surface area contributed by atoms with E-state index >= 15 is 0 Å². The molecule has 2 N–H and O–H groups in total. The first-order valence-corrected chi connectivity index (χ1v) is 10.8. The van der Waals surface area contributed by atoms with Crippen LogP contribution in [0.25, 0.3) is 0 Å². The van der Waals surface area contributed by atoms with Crippen LogP contribution in [-0.2, 0) is 14.4 Å². The van der Waals surface area contributed by atoms with Crippen molar-refractivity contribution in [1.82, 2.24) is 15.1 Å². The second-order valence-corrected chi connectivity index (χ2v) is 9.41. The third-order valence-corrected chi connectivity index (χ3v) is 5.86. The van der Waals surface area contributed by atoms with E-state index in [2.05, 4.69) is 10.6 Å². The van der Waals surface area contributed by atoms with Gasteiger partial charge < -0.3 is 20.4 Å². The maximum Gasteiger partial charge on any atom is 0.253 e. The summed E-state index contributed by atoms with van der Waals surface area (Å²) < 4.78 is 0. The van der Waals surface area contributed by atoms with Gasteiger partial charge in [0, 0.05) is 55.8 Å². The smallest absolute Gasteiger partial charge is 0.253 e. The zero-order valence-corrected chi connectivity index (χ0v) is 18.7. The molecule has 168 valence electrons. The minimum absolute atomic E-state index is 0.000975. The molecule has 2 aliphatic heterocycles. The lowest BCUT2D eigenvalue weighted by Gasteiger charge is -2.33. The van der Waals surface area contributed by atoms with Crippen LogP contribution in [0.2, 0.25) is 0 Å². The van der Waals surface area contributed by atoms with Crippen LogP contribution in [0, 0.1) is 5.92 Å². The van der Waals surface area contributed by atoms with E-state index in [4.69, 9.17) is 0 Å². The highest BCUT2D eigenvalue weighted by Gasteiger charge is 2.40. The molecule has 1 aromatic carbocycles. The van der Waals surface area contributed by atoms with Gasteiger partial charge in [-0.2, -0.15) is 0 Å². The number of benzene rings is 1. The Morgan fingerprint density at radius 1 is 1.10 bits per heavy atom. The number of nitrogens with one attached hydrogen (secondary N) is 2. The van der Waals surface area contributed by atoms with E-state index in [-0.39, 0.29) is 47.5 Å². The highest BCUT2D eigenvalue weighted by atomic mass is 16.2. The molecule has 0 aliphatic carbocycles. The summed E-state index contributed by atoms with van der Waals surface area (Å²) in [5, 5.41) is 5.77. The summed E-state index contributed by atoms with van der Waals surface area (Å²) >= 11 is 0. The fourth-order valence-corrected chi connectivity index (χ4v) is 4.19. The van der Waals surface area contributed by atoms with Crippen LogP contribution in [-0.4, -0.2) is 64.6 Å². The first-order valence-electron chi connectivity index (χ1n) is 10.8. The van der Waals surface area contributed by atoms with Crippen molar-refractivity contribution in [3.05, 3.63) is 29.8 Å². The Hall–Kier alpha value is -2.90. The van der Waals surface area contributed by atoms with Gasteiger partial charge in [0.15, 0.2) is 0 Å².